The van der Waals surface area contributed by atoms with Crippen molar-refractivity contribution in [3.8, 4) is 10.4 Å². The molecule has 2 heterocycles. The third-order valence-electron chi connectivity index (χ3n) is 3.80. The average Bonchev–Trinajstić information content (AvgIpc) is 3.02. The van der Waals surface area contributed by atoms with Crippen LogP contribution in [-0.4, -0.2) is 34.4 Å². The van der Waals surface area contributed by atoms with Crippen LogP contribution in [0.2, 0.25) is 0 Å². The Balaban J connectivity index is 1.77. The van der Waals surface area contributed by atoms with Gasteiger partial charge in [-0.2, -0.15) is 0 Å². The van der Waals surface area contributed by atoms with Crippen molar-refractivity contribution in [3.05, 3.63) is 71.1 Å². The summed E-state index contributed by atoms with van der Waals surface area (Å²) in [5.74, 6) is -0.0349. The van der Waals surface area contributed by atoms with Crippen molar-refractivity contribution in [2.45, 2.75) is 13.3 Å². The van der Waals surface area contributed by atoms with Crippen molar-refractivity contribution in [2.24, 2.45) is 0 Å². The number of likely N-dealkylation sites (N-methyl/N-ethyl adjacent to an activating group) is 1. The van der Waals surface area contributed by atoms with Gasteiger partial charge in [0.2, 0.25) is 0 Å². The monoisotopic (exact) mass is 337 g/mol. The molecule has 0 unspecified atom stereocenters. The van der Waals surface area contributed by atoms with Crippen LogP contribution in [0.5, 0.6) is 0 Å². The number of pyridine rings is 1. The van der Waals surface area contributed by atoms with Gasteiger partial charge in [0.05, 0.1) is 9.88 Å². The molecule has 0 radical (unpaired) electrons. The molecule has 122 valence electrons. The van der Waals surface area contributed by atoms with E-state index in [-0.39, 0.29) is 5.91 Å². The molecular formula is C19H19N3OS. The van der Waals surface area contributed by atoms with E-state index in [4.69, 9.17) is 0 Å². The molecule has 3 aromatic rings. The van der Waals surface area contributed by atoms with Crippen molar-refractivity contribution >= 4 is 17.2 Å². The maximum Gasteiger partial charge on any atom is 0.273 e. The Labute approximate surface area is 145 Å². The molecule has 0 aliphatic carbocycles. The molecule has 3 rings (SSSR count). The summed E-state index contributed by atoms with van der Waals surface area (Å²) >= 11 is 1.56. The third kappa shape index (κ3) is 3.68. The molecule has 0 aliphatic rings. The fraction of sp³-hybridized carbons (Fsp3) is 0.211. The summed E-state index contributed by atoms with van der Waals surface area (Å²) in [6.45, 7) is 2.58. The standard InChI is InChI=1S/C19H19N3OS/c1-14-21-17(18(24-14)16-6-4-3-5-7-16)19(23)22(2)13-10-15-8-11-20-12-9-15/h3-9,11-12H,10,13H2,1-2H3. The first-order valence-electron chi connectivity index (χ1n) is 7.82. The zero-order valence-corrected chi connectivity index (χ0v) is 14.6. The molecule has 1 aromatic carbocycles. The minimum absolute atomic E-state index is 0.0349. The third-order valence-corrected chi connectivity index (χ3v) is 4.82. The van der Waals surface area contributed by atoms with E-state index in [0.29, 0.717) is 12.2 Å². The van der Waals surface area contributed by atoms with Crippen LogP contribution in [0.4, 0.5) is 0 Å². The minimum Gasteiger partial charge on any atom is -0.340 e. The van der Waals surface area contributed by atoms with Gasteiger partial charge in [0.25, 0.3) is 5.91 Å². The number of rotatable bonds is 5. The van der Waals surface area contributed by atoms with E-state index in [1.54, 1.807) is 28.6 Å². The number of benzene rings is 1. The molecule has 0 saturated carbocycles. The molecule has 0 aliphatic heterocycles. The van der Waals surface area contributed by atoms with Crippen LogP contribution < -0.4 is 0 Å². The van der Waals surface area contributed by atoms with E-state index in [1.807, 2.05) is 56.4 Å². The van der Waals surface area contributed by atoms with Crippen molar-refractivity contribution in [2.75, 3.05) is 13.6 Å². The maximum atomic E-state index is 12.8. The van der Waals surface area contributed by atoms with Crippen molar-refractivity contribution < 1.29 is 4.79 Å². The summed E-state index contributed by atoms with van der Waals surface area (Å²) in [5.41, 5.74) is 2.75. The summed E-state index contributed by atoms with van der Waals surface area (Å²) in [4.78, 5) is 24.0. The zero-order valence-electron chi connectivity index (χ0n) is 13.8. The molecule has 0 fully saturated rings. The number of hydrogen-bond acceptors (Lipinski definition) is 4. The Hall–Kier alpha value is -2.53. The second kappa shape index (κ2) is 7.36. The van der Waals surface area contributed by atoms with E-state index in [0.717, 1.165) is 21.9 Å². The molecule has 0 saturated heterocycles. The number of nitrogens with zero attached hydrogens (tertiary/aromatic N) is 3. The second-order valence-corrected chi connectivity index (χ2v) is 6.81. The summed E-state index contributed by atoms with van der Waals surface area (Å²) in [7, 11) is 1.83. The molecule has 0 bridgehead atoms. The first-order chi connectivity index (χ1) is 11.6. The largest absolute Gasteiger partial charge is 0.340 e. The van der Waals surface area contributed by atoms with Crippen LogP contribution in [0.15, 0.2) is 54.9 Å². The quantitative estimate of drug-likeness (QED) is 0.711. The van der Waals surface area contributed by atoms with Crippen LogP contribution >= 0.6 is 11.3 Å². The molecule has 4 nitrogen and oxygen atoms in total. The van der Waals surface area contributed by atoms with Crippen molar-refractivity contribution in [1.82, 2.24) is 14.9 Å². The molecule has 1 amide bonds. The Bertz CT molecular complexity index is 815. The van der Waals surface area contributed by atoms with Crippen LogP contribution in [0, 0.1) is 6.92 Å². The topological polar surface area (TPSA) is 46.1 Å². The molecule has 0 spiro atoms. The lowest BCUT2D eigenvalue weighted by Crippen LogP contribution is -2.29. The minimum atomic E-state index is -0.0349. The number of aromatic nitrogens is 2. The SMILES string of the molecule is Cc1nc(C(=O)N(C)CCc2ccncc2)c(-c2ccccc2)s1. The van der Waals surface area contributed by atoms with Gasteiger partial charge >= 0.3 is 0 Å². The summed E-state index contributed by atoms with van der Waals surface area (Å²) < 4.78 is 0. The van der Waals surface area contributed by atoms with Gasteiger partial charge in [0.15, 0.2) is 0 Å². The molecular weight excluding hydrogens is 318 g/mol. The molecule has 0 N–H and O–H groups in total. The first-order valence-corrected chi connectivity index (χ1v) is 8.64. The Kier molecular flexibility index (Phi) is 5.01. The first kappa shape index (κ1) is 16.3. The smallest absolute Gasteiger partial charge is 0.273 e. The maximum absolute atomic E-state index is 12.8. The molecule has 24 heavy (non-hydrogen) atoms. The van der Waals surface area contributed by atoms with Gasteiger partial charge in [-0.05, 0) is 36.6 Å². The van der Waals surface area contributed by atoms with Gasteiger partial charge in [0, 0.05) is 26.0 Å². The van der Waals surface area contributed by atoms with Gasteiger partial charge in [-0.1, -0.05) is 30.3 Å². The molecule has 2 aromatic heterocycles. The number of aryl methyl sites for hydroxylation is 1. The second-order valence-electron chi connectivity index (χ2n) is 5.61. The zero-order chi connectivity index (χ0) is 16.9. The normalized spacial score (nSPS) is 10.6. The summed E-state index contributed by atoms with van der Waals surface area (Å²) in [6, 6.07) is 13.9. The lowest BCUT2D eigenvalue weighted by Gasteiger charge is -2.16. The predicted molar refractivity (Wildman–Crippen MR) is 97.2 cm³/mol. The van der Waals surface area contributed by atoms with Gasteiger partial charge in [-0.25, -0.2) is 4.98 Å². The number of carbonyl (C=O) groups excluding carboxylic acids is 1. The highest BCUT2D eigenvalue weighted by Gasteiger charge is 2.21. The van der Waals surface area contributed by atoms with Gasteiger partial charge in [0.1, 0.15) is 5.69 Å². The van der Waals surface area contributed by atoms with Crippen LogP contribution in [-0.2, 0) is 6.42 Å². The number of thiazole rings is 1. The van der Waals surface area contributed by atoms with Crippen LogP contribution in [0.1, 0.15) is 21.1 Å². The van der Waals surface area contributed by atoms with E-state index < -0.39 is 0 Å². The van der Waals surface area contributed by atoms with Gasteiger partial charge < -0.3 is 4.90 Å². The van der Waals surface area contributed by atoms with Gasteiger partial charge in [-0.3, -0.25) is 9.78 Å². The van der Waals surface area contributed by atoms with E-state index >= 15 is 0 Å². The number of hydrogen-bond donors (Lipinski definition) is 0. The summed E-state index contributed by atoms with van der Waals surface area (Å²) in [5, 5.41) is 0.903. The Morgan fingerprint density at radius 3 is 2.54 bits per heavy atom. The van der Waals surface area contributed by atoms with E-state index in [2.05, 4.69) is 9.97 Å². The van der Waals surface area contributed by atoms with Gasteiger partial charge in [-0.15, -0.1) is 11.3 Å². The van der Waals surface area contributed by atoms with Crippen molar-refractivity contribution in [1.29, 1.82) is 0 Å². The fourth-order valence-electron chi connectivity index (χ4n) is 2.49. The highest BCUT2D eigenvalue weighted by atomic mass is 32.1. The lowest BCUT2D eigenvalue weighted by molar-refractivity contribution is 0.0792. The fourth-order valence-corrected chi connectivity index (χ4v) is 3.40. The van der Waals surface area contributed by atoms with Crippen LogP contribution in [0.25, 0.3) is 10.4 Å². The molecule has 5 heteroatoms. The Morgan fingerprint density at radius 1 is 1.12 bits per heavy atom. The van der Waals surface area contributed by atoms with E-state index in [1.165, 1.54) is 5.56 Å². The lowest BCUT2D eigenvalue weighted by atomic mass is 10.1. The van der Waals surface area contributed by atoms with E-state index in [9.17, 15) is 4.79 Å². The van der Waals surface area contributed by atoms with Crippen molar-refractivity contribution in [3.63, 3.8) is 0 Å². The average molecular weight is 337 g/mol. The predicted octanol–water partition coefficient (Wildman–Crippen LogP) is 3.83. The highest BCUT2D eigenvalue weighted by Crippen LogP contribution is 2.30. The van der Waals surface area contributed by atoms with Crippen LogP contribution in [0.3, 0.4) is 0 Å². The Morgan fingerprint density at radius 2 is 1.83 bits per heavy atom. The highest BCUT2D eigenvalue weighted by molar-refractivity contribution is 7.15. The number of carbonyl (C=O) groups is 1. The summed E-state index contributed by atoms with van der Waals surface area (Å²) in [6.07, 6.45) is 4.34. The molecule has 0 atom stereocenters. The number of amides is 1.